The molecule has 14 heavy (non-hydrogen) atoms. The zero-order chi connectivity index (χ0) is 10.9. The fourth-order valence-corrected chi connectivity index (χ4v) is 3.02. The number of carbonyl (C=O) groups excluding carboxylic acids is 1. The third kappa shape index (κ3) is 2.02. The lowest BCUT2D eigenvalue weighted by atomic mass is 9.88. The average molecular weight is 306 g/mol. The van der Waals surface area contributed by atoms with E-state index in [0.29, 0.717) is 0 Å². The minimum atomic E-state index is 0.0798. The summed E-state index contributed by atoms with van der Waals surface area (Å²) < 4.78 is 0.248. The van der Waals surface area contributed by atoms with Gasteiger partial charge in [0, 0.05) is 22.9 Å². The number of hydrogen-bond donors (Lipinski definition) is 0. The average Bonchev–Trinajstić information content (AvgIpc) is 2.10. The van der Waals surface area contributed by atoms with Gasteiger partial charge >= 0.3 is 0 Å². The molecule has 0 aliphatic carbocycles. The number of amides is 1. The van der Waals surface area contributed by atoms with Gasteiger partial charge in [-0.25, -0.2) is 0 Å². The number of piperidine rings is 1. The molecule has 4 heteroatoms. The van der Waals surface area contributed by atoms with E-state index in [0.717, 1.165) is 6.42 Å². The molecule has 1 rings (SSSR count). The molecule has 4 atom stereocenters. The number of nitriles is 1. The number of hydrogen-bond acceptors (Lipinski definition) is 2. The van der Waals surface area contributed by atoms with E-state index in [-0.39, 0.29) is 27.8 Å². The van der Waals surface area contributed by atoms with Gasteiger partial charge in [-0.1, -0.05) is 22.6 Å². The molecule has 3 nitrogen and oxygen atoms in total. The summed E-state index contributed by atoms with van der Waals surface area (Å²) in [6.07, 6.45) is 0.800. The van der Waals surface area contributed by atoms with Crippen LogP contribution in [0.15, 0.2) is 0 Å². The van der Waals surface area contributed by atoms with Crippen LogP contribution in [0.3, 0.4) is 0 Å². The summed E-state index contributed by atoms with van der Waals surface area (Å²) in [5, 5.41) is 8.96. The van der Waals surface area contributed by atoms with E-state index in [2.05, 4.69) is 28.7 Å². The van der Waals surface area contributed by atoms with Gasteiger partial charge in [0.1, 0.15) is 0 Å². The standard InChI is InChI=1S/C10H15IN2O/c1-6-4-9(5-12)10(11)7(2)13(6)8(3)14/h6-7,9-10H,4H2,1-3H3. The first-order valence-electron chi connectivity index (χ1n) is 4.81. The number of halogens is 1. The molecule has 1 saturated heterocycles. The molecule has 0 radical (unpaired) electrons. The van der Waals surface area contributed by atoms with Gasteiger partial charge in [-0.2, -0.15) is 5.26 Å². The normalized spacial score (nSPS) is 37.8. The maximum atomic E-state index is 11.4. The van der Waals surface area contributed by atoms with Gasteiger partial charge in [0.2, 0.25) is 5.91 Å². The predicted octanol–water partition coefficient (Wildman–Crippen LogP) is 1.96. The number of alkyl halides is 1. The van der Waals surface area contributed by atoms with Crippen molar-refractivity contribution in [3.05, 3.63) is 0 Å². The van der Waals surface area contributed by atoms with Gasteiger partial charge < -0.3 is 4.90 Å². The second-order valence-corrected chi connectivity index (χ2v) is 5.37. The van der Waals surface area contributed by atoms with Crippen LogP contribution < -0.4 is 0 Å². The quantitative estimate of drug-likeness (QED) is 0.507. The van der Waals surface area contributed by atoms with Crippen LogP contribution in [0.5, 0.6) is 0 Å². The second-order valence-electron chi connectivity index (χ2n) is 3.93. The summed E-state index contributed by atoms with van der Waals surface area (Å²) in [5.74, 6) is 0.194. The Morgan fingerprint density at radius 3 is 2.57 bits per heavy atom. The molecule has 0 aromatic rings. The molecule has 4 unspecified atom stereocenters. The number of carbonyl (C=O) groups is 1. The Hall–Kier alpha value is -0.310. The molecule has 0 aromatic carbocycles. The minimum Gasteiger partial charge on any atom is -0.336 e. The second kappa shape index (κ2) is 4.47. The lowest BCUT2D eigenvalue weighted by Crippen LogP contribution is -2.54. The zero-order valence-corrected chi connectivity index (χ0v) is 10.9. The van der Waals surface area contributed by atoms with Gasteiger partial charge in [0.05, 0.1) is 12.0 Å². The van der Waals surface area contributed by atoms with Gasteiger partial charge in [0.25, 0.3) is 0 Å². The molecule has 0 saturated carbocycles. The third-order valence-electron chi connectivity index (χ3n) is 2.88. The summed E-state index contributed by atoms with van der Waals surface area (Å²) in [4.78, 5) is 13.3. The summed E-state index contributed by atoms with van der Waals surface area (Å²) in [6, 6.07) is 2.69. The van der Waals surface area contributed by atoms with Crippen molar-refractivity contribution in [1.29, 1.82) is 5.26 Å². The first-order chi connectivity index (χ1) is 6.49. The van der Waals surface area contributed by atoms with Crippen molar-refractivity contribution in [2.24, 2.45) is 5.92 Å². The van der Waals surface area contributed by atoms with E-state index in [1.165, 1.54) is 0 Å². The highest BCUT2D eigenvalue weighted by Gasteiger charge is 2.38. The molecule has 1 aliphatic heterocycles. The van der Waals surface area contributed by atoms with Gasteiger partial charge in [0.15, 0.2) is 0 Å². The fourth-order valence-electron chi connectivity index (χ4n) is 2.22. The van der Waals surface area contributed by atoms with Gasteiger partial charge in [-0.3, -0.25) is 4.79 Å². The van der Waals surface area contributed by atoms with Crippen molar-refractivity contribution >= 4 is 28.5 Å². The van der Waals surface area contributed by atoms with Crippen molar-refractivity contribution < 1.29 is 4.79 Å². The molecule has 1 amide bonds. The Morgan fingerprint density at radius 1 is 1.57 bits per heavy atom. The molecule has 1 heterocycles. The van der Waals surface area contributed by atoms with Crippen molar-refractivity contribution in [2.75, 3.05) is 0 Å². The largest absolute Gasteiger partial charge is 0.336 e. The smallest absolute Gasteiger partial charge is 0.219 e. The summed E-state index contributed by atoms with van der Waals surface area (Å²) in [7, 11) is 0. The number of rotatable bonds is 0. The highest BCUT2D eigenvalue weighted by atomic mass is 127. The summed E-state index contributed by atoms with van der Waals surface area (Å²) in [6.45, 7) is 5.65. The van der Waals surface area contributed by atoms with Gasteiger partial charge in [-0.05, 0) is 20.3 Å². The van der Waals surface area contributed by atoms with Crippen LogP contribution in [-0.2, 0) is 4.79 Å². The monoisotopic (exact) mass is 306 g/mol. The van der Waals surface area contributed by atoms with Crippen LogP contribution in [0.2, 0.25) is 0 Å². The fraction of sp³-hybridized carbons (Fsp3) is 0.800. The molecule has 1 aliphatic rings. The lowest BCUT2D eigenvalue weighted by molar-refractivity contribution is -0.134. The summed E-state index contributed by atoms with van der Waals surface area (Å²) in [5.41, 5.74) is 0. The highest BCUT2D eigenvalue weighted by molar-refractivity contribution is 14.1. The lowest BCUT2D eigenvalue weighted by Gasteiger charge is -2.43. The molecule has 0 N–H and O–H groups in total. The van der Waals surface area contributed by atoms with Crippen molar-refractivity contribution in [3.8, 4) is 6.07 Å². The van der Waals surface area contributed by atoms with Crippen LogP contribution in [0.4, 0.5) is 0 Å². The van der Waals surface area contributed by atoms with Crippen LogP contribution in [0.1, 0.15) is 27.2 Å². The Kier molecular flexibility index (Phi) is 3.76. The van der Waals surface area contributed by atoms with E-state index >= 15 is 0 Å². The first-order valence-corrected chi connectivity index (χ1v) is 6.06. The molecule has 78 valence electrons. The SMILES string of the molecule is CC(=O)N1C(C)CC(C#N)C(I)C1C. The van der Waals surface area contributed by atoms with Gasteiger partial charge in [-0.15, -0.1) is 0 Å². The third-order valence-corrected chi connectivity index (χ3v) is 4.79. The molecule has 1 fully saturated rings. The summed E-state index contributed by atoms with van der Waals surface area (Å²) >= 11 is 2.29. The van der Waals surface area contributed by atoms with E-state index in [9.17, 15) is 4.79 Å². The van der Waals surface area contributed by atoms with Crippen molar-refractivity contribution in [2.45, 2.75) is 43.2 Å². The first kappa shape index (κ1) is 11.8. The maximum absolute atomic E-state index is 11.4. The number of likely N-dealkylation sites (tertiary alicyclic amines) is 1. The van der Waals surface area contributed by atoms with Crippen molar-refractivity contribution in [1.82, 2.24) is 4.90 Å². The van der Waals surface area contributed by atoms with E-state index in [1.807, 2.05) is 18.7 Å². The minimum absolute atomic E-state index is 0.0798. The van der Waals surface area contributed by atoms with E-state index < -0.39 is 0 Å². The molecule has 0 spiro atoms. The van der Waals surface area contributed by atoms with Crippen LogP contribution >= 0.6 is 22.6 Å². The highest BCUT2D eigenvalue weighted by Crippen LogP contribution is 2.32. The molecular weight excluding hydrogens is 291 g/mol. The van der Waals surface area contributed by atoms with Crippen LogP contribution in [-0.4, -0.2) is 26.8 Å². The Morgan fingerprint density at radius 2 is 2.14 bits per heavy atom. The molecule has 0 bridgehead atoms. The van der Waals surface area contributed by atoms with Crippen LogP contribution in [0.25, 0.3) is 0 Å². The topological polar surface area (TPSA) is 44.1 Å². The maximum Gasteiger partial charge on any atom is 0.219 e. The molecule has 0 aromatic heterocycles. The van der Waals surface area contributed by atoms with E-state index in [1.54, 1.807) is 6.92 Å². The van der Waals surface area contributed by atoms with Crippen molar-refractivity contribution in [3.63, 3.8) is 0 Å². The Labute approximate surface area is 98.6 Å². The zero-order valence-electron chi connectivity index (χ0n) is 8.70. The Bertz CT molecular complexity index is 274. The van der Waals surface area contributed by atoms with Crippen LogP contribution in [0, 0.1) is 17.2 Å². The Balaban J connectivity index is 2.85. The van der Waals surface area contributed by atoms with E-state index in [4.69, 9.17) is 5.26 Å². The molecular formula is C10H15IN2O. The number of nitrogens with zero attached hydrogens (tertiary/aromatic N) is 2. The predicted molar refractivity (Wildman–Crippen MR) is 63.0 cm³/mol.